The molecule has 1 aromatic heterocycles. The Hall–Kier alpha value is -1.26. The molecule has 0 amide bonds. The molecular formula is C14H14ClN3S. The lowest BCUT2D eigenvalue weighted by Crippen LogP contribution is -2.06. The Labute approximate surface area is 121 Å². The topological polar surface area (TPSA) is 37.8 Å². The fourth-order valence-electron chi connectivity index (χ4n) is 2.22. The van der Waals surface area contributed by atoms with Crippen LogP contribution in [0.4, 0.5) is 5.82 Å². The van der Waals surface area contributed by atoms with Crippen molar-refractivity contribution in [3.05, 3.63) is 51.9 Å². The van der Waals surface area contributed by atoms with Gasteiger partial charge in [-0.2, -0.15) is 11.8 Å². The lowest BCUT2D eigenvalue weighted by Gasteiger charge is -2.09. The molecule has 0 fully saturated rings. The van der Waals surface area contributed by atoms with Gasteiger partial charge in [-0.3, -0.25) is 0 Å². The molecule has 0 radical (unpaired) electrons. The lowest BCUT2D eigenvalue weighted by molar-refractivity contribution is 0.930. The monoisotopic (exact) mass is 291 g/mol. The van der Waals surface area contributed by atoms with Crippen LogP contribution in [0.2, 0.25) is 5.02 Å². The first-order valence-electron chi connectivity index (χ1n) is 6.15. The Kier molecular flexibility index (Phi) is 3.62. The van der Waals surface area contributed by atoms with Crippen molar-refractivity contribution in [1.29, 1.82) is 0 Å². The second kappa shape index (κ2) is 5.39. The summed E-state index contributed by atoms with van der Waals surface area (Å²) in [5.74, 6) is 3.80. The SMILES string of the molecule is CNc1nc(Cc2cccc(Cl)c2)nc2c1CSC2. The standard InChI is InChI=1S/C14H14ClN3S/c1-16-14-11-7-19-8-12(11)17-13(18-14)6-9-3-2-4-10(15)5-9/h2-5H,6-8H2,1H3,(H,16,17,18). The maximum Gasteiger partial charge on any atom is 0.135 e. The van der Waals surface area contributed by atoms with E-state index in [1.165, 1.54) is 11.3 Å². The van der Waals surface area contributed by atoms with Crippen LogP contribution in [0, 0.1) is 0 Å². The van der Waals surface area contributed by atoms with Crippen molar-refractivity contribution in [2.75, 3.05) is 12.4 Å². The van der Waals surface area contributed by atoms with Gasteiger partial charge in [0.15, 0.2) is 0 Å². The van der Waals surface area contributed by atoms with Gasteiger partial charge in [0.2, 0.25) is 0 Å². The molecule has 98 valence electrons. The van der Waals surface area contributed by atoms with E-state index >= 15 is 0 Å². The lowest BCUT2D eigenvalue weighted by atomic mass is 10.1. The number of thioether (sulfide) groups is 1. The molecule has 1 aliphatic heterocycles. The molecule has 5 heteroatoms. The summed E-state index contributed by atoms with van der Waals surface area (Å²) < 4.78 is 0. The average molecular weight is 292 g/mol. The van der Waals surface area contributed by atoms with E-state index in [-0.39, 0.29) is 0 Å². The predicted molar refractivity (Wildman–Crippen MR) is 80.8 cm³/mol. The summed E-state index contributed by atoms with van der Waals surface area (Å²) in [6.45, 7) is 0. The number of aromatic nitrogens is 2. The van der Waals surface area contributed by atoms with Crippen molar-refractivity contribution in [2.45, 2.75) is 17.9 Å². The summed E-state index contributed by atoms with van der Waals surface area (Å²) in [5, 5.41) is 3.93. The Morgan fingerprint density at radius 1 is 1.32 bits per heavy atom. The van der Waals surface area contributed by atoms with E-state index < -0.39 is 0 Å². The first kappa shape index (κ1) is 12.8. The molecule has 0 spiro atoms. The quantitative estimate of drug-likeness (QED) is 0.939. The molecule has 1 aromatic carbocycles. The van der Waals surface area contributed by atoms with Gasteiger partial charge in [-0.15, -0.1) is 0 Å². The molecule has 19 heavy (non-hydrogen) atoms. The average Bonchev–Trinajstić information content (AvgIpc) is 2.86. The molecule has 0 saturated carbocycles. The van der Waals surface area contributed by atoms with Gasteiger partial charge in [-0.1, -0.05) is 23.7 Å². The Bertz CT molecular complexity index is 616. The number of halogens is 1. The molecular weight excluding hydrogens is 278 g/mol. The highest BCUT2D eigenvalue weighted by atomic mass is 35.5. The van der Waals surface area contributed by atoms with E-state index in [2.05, 4.69) is 21.4 Å². The first-order valence-corrected chi connectivity index (χ1v) is 7.68. The third-order valence-corrected chi connectivity index (χ3v) is 4.32. The highest BCUT2D eigenvalue weighted by Gasteiger charge is 2.19. The summed E-state index contributed by atoms with van der Waals surface area (Å²) >= 11 is 7.89. The van der Waals surface area contributed by atoms with Crippen molar-refractivity contribution in [1.82, 2.24) is 9.97 Å². The third kappa shape index (κ3) is 2.69. The van der Waals surface area contributed by atoms with Crippen molar-refractivity contribution in [3.63, 3.8) is 0 Å². The number of nitrogens with one attached hydrogen (secondary N) is 1. The number of rotatable bonds is 3. The van der Waals surface area contributed by atoms with E-state index in [0.717, 1.165) is 33.7 Å². The zero-order valence-corrected chi connectivity index (χ0v) is 12.2. The number of hydrogen-bond acceptors (Lipinski definition) is 4. The smallest absolute Gasteiger partial charge is 0.135 e. The molecule has 1 N–H and O–H groups in total. The molecule has 2 heterocycles. The molecule has 3 nitrogen and oxygen atoms in total. The zero-order chi connectivity index (χ0) is 13.2. The van der Waals surface area contributed by atoms with E-state index in [0.29, 0.717) is 6.42 Å². The highest BCUT2D eigenvalue weighted by Crippen LogP contribution is 2.32. The van der Waals surface area contributed by atoms with Gasteiger partial charge in [-0.05, 0) is 17.7 Å². The number of anilines is 1. The highest BCUT2D eigenvalue weighted by molar-refractivity contribution is 7.98. The van der Waals surface area contributed by atoms with Crippen LogP contribution in [0.1, 0.15) is 22.6 Å². The Balaban J connectivity index is 1.93. The van der Waals surface area contributed by atoms with Crippen molar-refractivity contribution in [3.8, 4) is 0 Å². The summed E-state index contributed by atoms with van der Waals surface area (Å²) in [4.78, 5) is 9.28. The van der Waals surface area contributed by atoms with Crippen LogP contribution < -0.4 is 5.32 Å². The van der Waals surface area contributed by atoms with E-state index in [9.17, 15) is 0 Å². The van der Waals surface area contributed by atoms with Crippen LogP contribution in [-0.4, -0.2) is 17.0 Å². The van der Waals surface area contributed by atoms with Gasteiger partial charge >= 0.3 is 0 Å². The minimum atomic E-state index is 0.715. The van der Waals surface area contributed by atoms with Crippen molar-refractivity contribution < 1.29 is 0 Å². The van der Waals surface area contributed by atoms with Gasteiger partial charge in [0.05, 0.1) is 5.69 Å². The number of nitrogens with zero attached hydrogens (tertiary/aromatic N) is 2. The van der Waals surface area contributed by atoms with Gasteiger partial charge < -0.3 is 5.32 Å². The van der Waals surface area contributed by atoms with E-state index in [1.54, 1.807) is 0 Å². The fraction of sp³-hybridized carbons (Fsp3) is 0.286. The predicted octanol–water partition coefficient (Wildman–Crippen LogP) is 3.51. The molecule has 0 unspecified atom stereocenters. The zero-order valence-electron chi connectivity index (χ0n) is 10.6. The van der Waals surface area contributed by atoms with E-state index in [1.807, 2.05) is 37.0 Å². The summed E-state index contributed by atoms with van der Waals surface area (Å²) in [6, 6.07) is 7.85. The van der Waals surface area contributed by atoms with Crippen LogP contribution in [0.3, 0.4) is 0 Å². The van der Waals surface area contributed by atoms with Crippen molar-refractivity contribution >= 4 is 29.2 Å². The maximum absolute atomic E-state index is 6.01. The van der Waals surface area contributed by atoms with Crippen LogP contribution >= 0.6 is 23.4 Å². The summed E-state index contributed by atoms with van der Waals surface area (Å²) in [5.41, 5.74) is 3.56. The molecule has 0 bridgehead atoms. The van der Waals surface area contributed by atoms with Crippen LogP contribution in [0.15, 0.2) is 24.3 Å². The van der Waals surface area contributed by atoms with Crippen LogP contribution in [0.25, 0.3) is 0 Å². The number of fused-ring (bicyclic) bond motifs is 1. The molecule has 1 aliphatic rings. The first-order chi connectivity index (χ1) is 9.26. The van der Waals surface area contributed by atoms with Gasteiger partial charge in [0.1, 0.15) is 11.6 Å². The van der Waals surface area contributed by atoms with Gasteiger partial charge in [0, 0.05) is 35.6 Å². The molecule has 0 aliphatic carbocycles. The third-order valence-electron chi connectivity index (χ3n) is 3.11. The summed E-state index contributed by atoms with van der Waals surface area (Å²) in [6.07, 6.45) is 0.715. The normalized spacial score (nSPS) is 13.4. The van der Waals surface area contributed by atoms with Gasteiger partial charge in [0.25, 0.3) is 0 Å². The molecule has 2 aromatic rings. The molecule has 3 rings (SSSR count). The van der Waals surface area contributed by atoms with Crippen LogP contribution in [-0.2, 0) is 17.9 Å². The minimum absolute atomic E-state index is 0.715. The largest absolute Gasteiger partial charge is 0.373 e. The number of benzene rings is 1. The Morgan fingerprint density at radius 3 is 3.00 bits per heavy atom. The molecule has 0 atom stereocenters. The van der Waals surface area contributed by atoms with Gasteiger partial charge in [-0.25, -0.2) is 9.97 Å². The van der Waals surface area contributed by atoms with Crippen LogP contribution in [0.5, 0.6) is 0 Å². The Morgan fingerprint density at radius 2 is 2.21 bits per heavy atom. The second-order valence-electron chi connectivity index (χ2n) is 4.46. The second-order valence-corrected chi connectivity index (χ2v) is 5.89. The number of hydrogen-bond donors (Lipinski definition) is 1. The molecule has 0 saturated heterocycles. The van der Waals surface area contributed by atoms with E-state index in [4.69, 9.17) is 11.6 Å². The summed E-state index contributed by atoms with van der Waals surface area (Å²) in [7, 11) is 1.91. The van der Waals surface area contributed by atoms with Crippen molar-refractivity contribution in [2.24, 2.45) is 0 Å². The maximum atomic E-state index is 6.01. The fourth-order valence-corrected chi connectivity index (χ4v) is 3.47. The minimum Gasteiger partial charge on any atom is -0.373 e.